The Morgan fingerprint density at radius 1 is 0.968 bits per heavy atom. The minimum absolute atomic E-state index is 0.0396. The van der Waals surface area contributed by atoms with E-state index >= 15 is 0 Å². The molecule has 2 saturated heterocycles. The van der Waals surface area contributed by atoms with Gasteiger partial charge in [0, 0.05) is 87.6 Å². The third kappa shape index (κ3) is 8.72. The van der Waals surface area contributed by atoms with Crippen molar-refractivity contribution in [1.82, 2.24) is 30.4 Å². The SMILES string of the molecule is COCCN(CC1CCN(c2cnc(C(=O)NC3C(C)(C)C(Oc4cc(C)c(C#N)c(C)c4)C3(C)C)cn2)CC1)C1CC(Oc2ccc3c(c2)C(=O)N([C@@H]2CCC(=O)NC2=O)C3)C1. The first-order valence-corrected chi connectivity index (χ1v) is 22.3. The molecule has 5 aliphatic rings. The first-order valence-electron chi connectivity index (χ1n) is 22.3. The Bertz CT molecular complexity index is 2250. The van der Waals surface area contributed by atoms with Gasteiger partial charge in [0.2, 0.25) is 11.8 Å². The number of hydrogen-bond donors (Lipinski definition) is 2. The van der Waals surface area contributed by atoms with Crippen molar-refractivity contribution in [2.75, 3.05) is 44.8 Å². The van der Waals surface area contributed by atoms with Gasteiger partial charge in [0.05, 0.1) is 30.6 Å². The lowest BCUT2D eigenvalue weighted by molar-refractivity contribution is -0.164. The van der Waals surface area contributed by atoms with E-state index in [1.165, 1.54) is 0 Å². The average Bonchev–Trinajstić information content (AvgIpc) is 3.56. The summed E-state index contributed by atoms with van der Waals surface area (Å²) in [5, 5.41) is 15.1. The summed E-state index contributed by atoms with van der Waals surface area (Å²) in [5.41, 5.74) is 3.40. The average molecular weight is 861 g/mol. The molecule has 2 N–H and O–H groups in total. The molecule has 0 bridgehead atoms. The van der Waals surface area contributed by atoms with Gasteiger partial charge in [0.1, 0.15) is 41.3 Å². The number of amides is 4. The standard InChI is InChI=1S/C48H60N8O7/c1-28-18-34(19-29(2)37(28)23-49)63-46-47(3,4)45(48(46,5)6)53-42(58)38-24-51-40(25-50-38)54-14-12-30(13-15-54)26-55(16-17-61-7)32-20-35(21-32)62-33-9-8-31-27-56(44(60)36(31)22-33)39-10-11-41(57)52-43(39)59/h8-9,18-19,22,24-25,30,32,35,39,45-46H,10-17,20-21,26-27H2,1-7H3,(H,53,58)(H,52,57,59)/t32?,35?,39-,45?,46?/m1/s1. The van der Waals surface area contributed by atoms with Crippen molar-refractivity contribution >= 4 is 29.4 Å². The van der Waals surface area contributed by atoms with Crippen LogP contribution >= 0.6 is 0 Å². The van der Waals surface area contributed by atoms with Crippen LogP contribution in [0.1, 0.15) is 109 Å². The van der Waals surface area contributed by atoms with Crippen LogP contribution in [0.2, 0.25) is 0 Å². The van der Waals surface area contributed by atoms with E-state index in [-0.39, 0.29) is 58.9 Å². The maximum Gasteiger partial charge on any atom is 0.271 e. The number of nitriles is 1. The zero-order valence-corrected chi connectivity index (χ0v) is 37.5. The zero-order chi connectivity index (χ0) is 44.8. The highest BCUT2D eigenvalue weighted by Crippen LogP contribution is 2.55. The molecule has 8 rings (SSSR count). The molecule has 4 fully saturated rings. The topological polar surface area (TPSA) is 179 Å². The molecule has 15 heteroatoms. The number of aryl methyl sites for hydroxylation is 2. The number of ether oxygens (including phenoxy) is 3. The van der Waals surface area contributed by atoms with Crippen LogP contribution in [0.3, 0.4) is 0 Å². The van der Waals surface area contributed by atoms with Gasteiger partial charge in [-0.15, -0.1) is 0 Å². The second-order valence-corrected chi connectivity index (χ2v) is 19.4. The number of nitrogens with zero attached hydrogens (tertiary/aromatic N) is 6. The Balaban J connectivity index is 0.797. The van der Waals surface area contributed by atoms with Gasteiger partial charge in [0.15, 0.2) is 0 Å². The second-order valence-electron chi connectivity index (χ2n) is 19.4. The molecular formula is C48H60N8O7. The summed E-state index contributed by atoms with van der Waals surface area (Å²) >= 11 is 0. The molecule has 4 amide bonds. The highest BCUT2D eigenvalue weighted by Gasteiger charge is 2.64. The van der Waals surface area contributed by atoms with Crippen LogP contribution in [-0.2, 0) is 20.9 Å². The molecule has 2 aromatic carbocycles. The Labute approximate surface area is 369 Å². The molecule has 2 aliphatic carbocycles. The van der Waals surface area contributed by atoms with Gasteiger partial charge in [-0.3, -0.25) is 29.4 Å². The van der Waals surface area contributed by atoms with Crippen LogP contribution in [0.15, 0.2) is 42.7 Å². The number of imide groups is 1. The van der Waals surface area contributed by atoms with Crippen molar-refractivity contribution < 1.29 is 33.4 Å². The molecule has 2 saturated carbocycles. The van der Waals surface area contributed by atoms with Crippen molar-refractivity contribution in [3.8, 4) is 17.6 Å². The number of carbonyl (C=O) groups excluding carboxylic acids is 4. The van der Waals surface area contributed by atoms with Gasteiger partial charge in [-0.25, -0.2) is 9.97 Å². The quantitative estimate of drug-likeness (QED) is 0.205. The number of methoxy groups -OCH3 is 1. The summed E-state index contributed by atoms with van der Waals surface area (Å²) < 4.78 is 18.4. The molecule has 63 heavy (non-hydrogen) atoms. The fraction of sp³-hybridized carbons (Fsp3) is 0.562. The van der Waals surface area contributed by atoms with Gasteiger partial charge < -0.3 is 29.3 Å². The second kappa shape index (κ2) is 17.5. The third-order valence-electron chi connectivity index (χ3n) is 14.3. The molecule has 15 nitrogen and oxygen atoms in total. The maximum atomic E-state index is 13.5. The van der Waals surface area contributed by atoms with Crippen LogP contribution in [0.5, 0.6) is 11.5 Å². The molecule has 0 spiro atoms. The molecule has 3 aliphatic heterocycles. The number of carbonyl (C=O) groups is 4. The van der Waals surface area contributed by atoms with Crippen molar-refractivity contribution in [2.45, 2.75) is 117 Å². The smallest absolute Gasteiger partial charge is 0.271 e. The van der Waals surface area contributed by atoms with Crippen LogP contribution in [0, 0.1) is 41.9 Å². The summed E-state index contributed by atoms with van der Waals surface area (Å²) in [4.78, 5) is 66.5. The van der Waals surface area contributed by atoms with E-state index < -0.39 is 11.9 Å². The minimum atomic E-state index is -0.641. The van der Waals surface area contributed by atoms with Crippen LogP contribution in [0.25, 0.3) is 0 Å². The Morgan fingerprint density at radius 3 is 2.32 bits per heavy atom. The van der Waals surface area contributed by atoms with E-state index in [2.05, 4.69) is 64.2 Å². The number of benzene rings is 2. The first-order chi connectivity index (χ1) is 30.1. The van der Waals surface area contributed by atoms with Gasteiger partial charge >= 0.3 is 0 Å². The van der Waals surface area contributed by atoms with Crippen molar-refractivity contribution in [3.63, 3.8) is 0 Å². The molecule has 1 aromatic heterocycles. The fourth-order valence-electron chi connectivity index (χ4n) is 11.0. The van der Waals surface area contributed by atoms with E-state index in [9.17, 15) is 24.4 Å². The van der Waals surface area contributed by atoms with Gasteiger partial charge in [-0.2, -0.15) is 5.26 Å². The van der Waals surface area contributed by atoms with E-state index in [1.54, 1.807) is 30.5 Å². The number of aromatic nitrogens is 2. The van der Waals surface area contributed by atoms with Gasteiger partial charge in [0.25, 0.3) is 11.8 Å². The highest BCUT2D eigenvalue weighted by atomic mass is 16.5. The normalized spacial score (nSPS) is 25.1. The molecule has 0 radical (unpaired) electrons. The van der Waals surface area contributed by atoms with E-state index in [0.717, 1.165) is 80.1 Å². The van der Waals surface area contributed by atoms with E-state index in [4.69, 9.17) is 14.2 Å². The Hall–Kier alpha value is -5.59. The number of nitrogens with one attached hydrogen (secondary N) is 2. The predicted octanol–water partition coefficient (Wildman–Crippen LogP) is 5.11. The van der Waals surface area contributed by atoms with E-state index in [1.807, 2.05) is 38.1 Å². The number of hydrogen-bond acceptors (Lipinski definition) is 12. The van der Waals surface area contributed by atoms with Gasteiger partial charge in [-0.05, 0) is 80.0 Å². The van der Waals surface area contributed by atoms with Crippen LogP contribution < -0.4 is 25.0 Å². The molecule has 4 heterocycles. The predicted molar refractivity (Wildman–Crippen MR) is 234 cm³/mol. The summed E-state index contributed by atoms with van der Waals surface area (Å²) in [6, 6.07) is 11.3. The third-order valence-corrected chi connectivity index (χ3v) is 14.3. The molecular weight excluding hydrogens is 801 g/mol. The Morgan fingerprint density at radius 2 is 1.68 bits per heavy atom. The minimum Gasteiger partial charge on any atom is -0.490 e. The number of rotatable bonds is 14. The summed E-state index contributed by atoms with van der Waals surface area (Å²) in [7, 11) is 1.73. The molecule has 1 atom stereocenters. The Kier molecular flexibility index (Phi) is 12.2. The molecule has 3 aromatic rings. The lowest BCUT2D eigenvalue weighted by atomic mass is 9.49. The van der Waals surface area contributed by atoms with Crippen molar-refractivity contribution in [1.29, 1.82) is 5.26 Å². The summed E-state index contributed by atoms with van der Waals surface area (Å²) in [6.07, 6.45) is 7.50. The number of fused-ring (bicyclic) bond motifs is 1. The van der Waals surface area contributed by atoms with Crippen LogP contribution in [-0.4, -0.2) is 114 Å². The zero-order valence-electron chi connectivity index (χ0n) is 37.5. The summed E-state index contributed by atoms with van der Waals surface area (Å²) in [5.74, 6) is 1.48. The first kappa shape index (κ1) is 44.0. The summed E-state index contributed by atoms with van der Waals surface area (Å²) in [6.45, 7) is 16.8. The number of piperidine rings is 2. The highest BCUT2D eigenvalue weighted by molar-refractivity contribution is 6.05. The lowest BCUT2D eigenvalue weighted by Gasteiger charge is -2.63. The van der Waals surface area contributed by atoms with Crippen molar-refractivity contribution in [2.24, 2.45) is 16.7 Å². The monoisotopic (exact) mass is 860 g/mol. The molecule has 0 unspecified atom stereocenters. The van der Waals surface area contributed by atoms with Gasteiger partial charge in [-0.1, -0.05) is 33.8 Å². The largest absolute Gasteiger partial charge is 0.490 e. The number of anilines is 1. The lowest BCUT2D eigenvalue weighted by Crippen LogP contribution is -2.74. The van der Waals surface area contributed by atoms with Crippen LogP contribution in [0.4, 0.5) is 5.82 Å². The van der Waals surface area contributed by atoms with E-state index in [0.29, 0.717) is 48.4 Å². The maximum absolute atomic E-state index is 13.5. The molecule has 334 valence electrons. The van der Waals surface area contributed by atoms with Crippen molar-refractivity contribution in [3.05, 3.63) is 76.2 Å². The fourth-order valence-corrected chi connectivity index (χ4v) is 11.0.